The van der Waals surface area contributed by atoms with E-state index in [2.05, 4.69) is 12.2 Å². The number of fused-ring (bicyclic) bond motifs is 2. The molecule has 1 N–H and O–H groups in total. The molecule has 4 unspecified atom stereocenters. The highest BCUT2D eigenvalue weighted by atomic mass is 35.5. The molecule has 0 amide bonds. The monoisotopic (exact) mass is 311 g/mol. The van der Waals surface area contributed by atoms with Gasteiger partial charge in [0.05, 0.1) is 12.2 Å². The lowest BCUT2D eigenvalue weighted by Crippen LogP contribution is -2.42. The molecule has 4 atom stereocenters. The van der Waals surface area contributed by atoms with E-state index in [1.54, 1.807) is 0 Å². The van der Waals surface area contributed by atoms with Crippen molar-refractivity contribution in [3.05, 3.63) is 34.6 Å². The van der Waals surface area contributed by atoms with Crippen LogP contribution in [0.25, 0.3) is 0 Å². The smallest absolute Gasteiger partial charge is 0.124 e. The van der Waals surface area contributed by atoms with Crippen LogP contribution >= 0.6 is 11.6 Å². The molecule has 1 aromatic carbocycles. The number of hydrogen-bond donors (Lipinski definition) is 1. The van der Waals surface area contributed by atoms with Crippen LogP contribution in [-0.4, -0.2) is 24.8 Å². The van der Waals surface area contributed by atoms with Crippen molar-refractivity contribution in [3.8, 4) is 0 Å². The SMILES string of the molecule is CCCNC(Cc1ccc(F)cc1Cl)C1CC2CCC1O2. The van der Waals surface area contributed by atoms with E-state index in [9.17, 15) is 4.39 Å². The summed E-state index contributed by atoms with van der Waals surface area (Å²) >= 11 is 6.19. The average molecular weight is 312 g/mol. The molecule has 2 saturated heterocycles. The number of rotatable bonds is 6. The summed E-state index contributed by atoms with van der Waals surface area (Å²) in [7, 11) is 0. The third-order valence-corrected chi connectivity index (χ3v) is 5.13. The summed E-state index contributed by atoms with van der Waals surface area (Å²) in [6.07, 6.45) is 6.32. The van der Waals surface area contributed by atoms with Crippen LogP contribution in [0.15, 0.2) is 18.2 Å². The van der Waals surface area contributed by atoms with E-state index in [1.807, 2.05) is 6.07 Å². The van der Waals surface area contributed by atoms with Gasteiger partial charge in [-0.15, -0.1) is 0 Å². The van der Waals surface area contributed by atoms with E-state index < -0.39 is 0 Å². The number of benzene rings is 1. The van der Waals surface area contributed by atoms with Gasteiger partial charge in [-0.3, -0.25) is 0 Å². The van der Waals surface area contributed by atoms with E-state index in [4.69, 9.17) is 16.3 Å². The molecule has 0 aliphatic carbocycles. The van der Waals surface area contributed by atoms with Crippen LogP contribution in [-0.2, 0) is 11.2 Å². The van der Waals surface area contributed by atoms with Crippen molar-refractivity contribution in [2.75, 3.05) is 6.54 Å². The van der Waals surface area contributed by atoms with Gasteiger partial charge < -0.3 is 10.1 Å². The van der Waals surface area contributed by atoms with Crippen molar-refractivity contribution in [1.82, 2.24) is 5.32 Å². The zero-order chi connectivity index (χ0) is 14.8. The summed E-state index contributed by atoms with van der Waals surface area (Å²) in [6.45, 7) is 3.17. The first-order valence-corrected chi connectivity index (χ1v) is 8.38. The Bertz CT molecular complexity index is 496. The quantitative estimate of drug-likeness (QED) is 0.858. The second-order valence-corrected chi connectivity index (χ2v) is 6.68. The molecule has 0 spiro atoms. The molecule has 116 valence electrons. The second-order valence-electron chi connectivity index (χ2n) is 6.27. The van der Waals surface area contributed by atoms with Gasteiger partial charge in [-0.1, -0.05) is 24.6 Å². The molecule has 2 fully saturated rings. The van der Waals surface area contributed by atoms with Crippen molar-refractivity contribution in [3.63, 3.8) is 0 Å². The van der Waals surface area contributed by atoms with Crippen LogP contribution < -0.4 is 5.32 Å². The number of hydrogen-bond acceptors (Lipinski definition) is 2. The molecule has 0 radical (unpaired) electrons. The Morgan fingerprint density at radius 3 is 2.90 bits per heavy atom. The molecule has 2 bridgehead atoms. The molecule has 21 heavy (non-hydrogen) atoms. The van der Waals surface area contributed by atoms with Crippen LogP contribution in [0.3, 0.4) is 0 Å². The van der Waals surface area contributed by atoms with Crippen molar-refractivity contribution < 1.29 is 9.13 Å². The van der Waals surface area contributed by atoms with E-state index in [0.717, 1.165) is 31.4 Å². The van der Waals surface area contributed by atoms with Gasteiger partial charge in [0, 0.05) is 17.0 Å². The van der Waals surface area contributed by atoms with Gasteiger partial charge in [0.2, 0.25) is 0 Å². The van der Waals surface area contributed by atoms with Gasteiger partial charge in [0.15, 0.2) is 0 Å². The fourth-order valence-corrected chi connectivity index (χ4v) is 3.97. The molecule has 2 heterocycles. The Kier molecular flexibility index (Phi) is 4.82. The Morgan fingerprint density at radius 1 is 1.43 bits per heavy atom. The van der Waals surface area contributed by atoms with E-state index in [-0.39, 0.29) is 5.82 Å². The zero-order valence-corrected chi connectivity index (χ0v) is 13.2. The van der Waals surface area contributed by atoms with Crippen LogP contribution in [0.1, 0.15) is 38.2 Å². The lowest BCUT2D eigenvalue weighted by Gasteiger charge is -2.30. The van der Waals surface area contributed by atoms with Crippen molar-refractivity contribution >= 4 is 11.6 Å². The predicted octanol–water partition coefficient (Wildman–Crippen LogP) is 3.96. The standard InChI is InChI=1S/C17H23ClFNO/c1-2-7-20-16(14-10-13-5-6-17(14)21-13)8-11-3-4-12(19)9-15(11)18/h3-4,9,13-14,16-17,20H,2,5-8,10H2,1H3. The van der Waals surface area contributed by atoms with Crippen LogP contribution in [0, 0.1) is 11.7 Å². The average Bonchev–Trinajstić information content (AvgIpc) is 3.08. The first-order valence-electron chi connectivity index (χ1n) is 8.00. The minimum atomic E-state index is -0.273. The Hall–Kier alpha value is -0.640. The van der Waals surface area contributed by atoms with Gasteiger partial charge in [-0.05, 0) is 56.3 Å². The summed E-state index contributed by atoms with van der Waals surface area (Å²) in [5.74, 6) is 0.279. The van der Waals surface area contributed by atoms with Gasteiger partial charge in [0.1, 0.15) is 5.82 Å². The highest BCUT2D eigenvalue weighted by molar-refractivity contribution is 6.31. The Labute approximate surface area is 131 Å². The van der Waals surface area contributed by atoms with E-state index in [1.165, 1.54) is 25.0 Å². The van der Waals surface area contributed by atoms with Gasteiger partial charge in [0.25, 0.3) is 0 Å². The normalized spacial score (nSPS) is 29.0. The maximum absolute atomic E-state index is 13.2. The largest absolute Gasteiger partial charge is 0.375 e. The predicted molar refractivity (Wildman–Crippen MR) is 83.2 cm³/mol. The molecule has 0 aromatic heterocycles. The lowest BCUT2D eigenvalue weighted by molar-refractivity contribution is 0.0857. The van der Waals surface area contributed by atoms with Crippen LogP contribution in [0.4, 0.5) is 4.39 Å². The first kappa shape index (κ1) is 15.3. The number of halogens is 2. The third kappa shape index (κ3) is 3.41. The summed E-state index contributed by atoms with van der Waals surface area (Å²) in [6, 6.07) is 5.08. The Morgan fingerprint density at radius 2 is 2.29 bits per heavy atom. The molecular formula is C17H23ClFNO. The second kappa shape index (κ2) is 6.64. The van der Waals surface area contributed by atoms with Crippen LogP contribution in [0.5, 0.6) is 0 Å². The molecule has 2 aliphatic rings. The summed E-state index contributed by atoms with van der Waals surface area (Å²) in [4.78, 5) is 0. The Balaban J connectivity index is 1.73. The molecular weight excluding hydrogens is 289 g/mol. The van der Waals surface area contributed by atoms with Crippen LogP contribution in [0.2, 0.25) is 5.02 Å². The van der Waals surface area contributed by atoms with Crippen molar-refractivity contribution in [2.24, 2.45) is 5.92 Å². The maximum atomic E-state index is 13.2. The minimum Gasteiger partial charge on any atom is -0.375 e. The third-order valence-electron chi connectivity index (χ3n) is 4.78. The van der Waals surface area contributed by atoms with Gasteiger partial charge >= 0.3 is 0 Å². The fourth-order valence-electron chi connectivity index (χ4n) is 3.73. The van der Waals surface area contributed by atoms with E-state index in [0.29, 0.717) is 29.2 Å². The number of nitrogens with one attached hydrogen (secondary N) is 1. The zero-order valence-electron chi connectivity index (χ0n) is 12.4. The fraction of sp³-hybridized carbons (Fsp3) is 0.647. The molecule has 2 nitrogen and oxygen atoms in total. The summed E-state index contributed by atoms with van der Waals surface area (Å²) in [5.41, 5.74) is 1.02. The van der Waals surface area contributed by atoms with E-state index >= 15 is 0 Å². The van der Waals surface area contributed by atoms with Crippen molar-refractivity contribution in [1.29, 1.82) is 0 Å². The molecule has 4 heteroatoms. The molecule has 1 aromatic rings. The molecule has 2 aliphatic heterocycles. The highest BCUT2D eigenvalue weighted by Gasteiger charge is 2.44. The lowest BCUT2D eigenvalue weighted by atomic mass is 9.81. The highest BCUT2D eigenvalue weighted by Crippen LogP contribution is 2.41. The topological polar surface area (TPSA) is 21.3 Å². The summed E-state index contributed by atoms with van der Waals surface area (Å²) < 4.78 is 19.2. The van der Waals surface area contributed by atoms with Gasteiger partial charge in [-0.2, -0.15) is 0 Å². The van der Waals surface area contributed by atoms with Gasteiger partial charge in [-0.25, -0.2) is 4.39 Å². The minimum absolute atomic E-state index is 0.273. The molecule has 0 saturated carbocycles. The first-order chi connectivity index (χ1) is 10.2. The maximum Gasteiger partial charge on any atom is 0.124 e. The number of ether oxygens (including phenoxy) is 1. The molecule has 3 rings (SSSR count). The van der Waals surface area contributed by atoms with Crippen molar-refractivity contribution in [2.45, 2.75) is 57.3 Å². The summed E-state index contributed by atoms with van der Waals surface area (Å²) in [5, 5.41) is 4.18.